The van der Waals surface area contributed by atoms with Crippen LogP contribution >= 0.6 is 23.2 Å². The van der Waals surface area contributed by atoms with Crippen molar-refractivity contribution < 1.29 is 4.39 Å². The minimum absolute atomic E-state index is 0.239. The highest BCUT2D eigenvalue weighted by Crippen LogP contribution is 2.28. The van der Waals surface area contributed by atoms with Crippen molar-refractivity contribution in [1.82, 2.24) is 9.78 Å². The second-order valence-electron chi connectivity index (χ2n) is 6.13. The van der Waals surface area contributed by atoms with Gasteiger partial charge in [-0.1, -0.05) is 36.5 Å². The van der Waals surface area contributed by atoms with E-state index in [-0.39, 0.29) is 11.4 Å². The summed E-state index contributed by atoms with van der Waals surface area (Å²) in [6.45, 7) is 3.80. The predicted octanol–water partition coefficient (Wildman–Crippen LogP) is 5.70. The largest absolute Gasteiger partial charge is 0.294 e. The highest BCUT2D eigenvalue weighted by Gasteiger charge is 2.18. The van der Waals surface area contributed by atoms with Gasteiger partial charge in [0.1, 0.15) is 5.82 Å². The van der Waals surface area contributed by atoms with E-state index in [1.165, 1.54) is 16.8 Å². The molecule has 0 aliphatic carbocycles. The van der Waals surface area contributed by atoms with Gasteiger partial charge in [0.2, 0.25) is 0 Å². The lowest BCUT2D eigenvalue weighted by molar-refractivity contribution is 0.626. The Labute approximate surface area is 166 Å². The third kappa shape index (κ3) is 4.15. The number of benzene rings is 2. The summed E-state index contributed by atoms with van der Waals surface area (Å²) in [5.74, 6) is -0.359. The fraction of sp³-hybridized carbons (Fsp3) is 0.200. The molecule has 1 aromatic heterocycles. The summed E-state index contributed by atoms with van der Waals surface area (Å²) in [6, 6.07) is 10.7. The molecule has 0 unspecified atom stereocenters. The number of H-pyrrole nitrogens is 1. The molecule has 0 bridgehead atoms. The van der Waals surface area contributed by atoms with Gasteiger partial charge in [-0.15, -0.1) is 0 Å². The maximum absolute atomic E-state index is 13.2. The van der Waals surface area contributed by atoms with Gasteiger partial charge in [0.25, 0.3) is 5.56 Å². The molecule has 0 atom stereocenters. The molecule has 3 aromatic rings. The molecule has 4 nitrogen and oxygen atoms in total. The van der Waals surface area contributed by atoms with Crippen LogP contribution in [-0.4, -0.2) is 15.5 Å². The van der Waals surface area contributed by atoms with Crippen LogP contribution in [0.15, 0.2) is 52.3 Å². The maximum Gasteiger partial charge on any atom is 0.280 e. The van der Waals surface area contributed by atoms with E-state index in [4.69, 9.17) is 23.2 Å². The zero-order chi connectivity index (χ0) is 19.6. The molecule has 0 radical (unpaired) electrons. The van der Waals surface area contributed by atoms with E-state index >= 15 is 0 Å². The molecule has 0 spiro atoms. The van der Waals surface area contributed by atoms with E-state index < -0.39 is 0 Å². The van der Waals surface area contributed by atoms with Crippen LogP contribution in [0.4, 0.5) is 10.1 Å². The zero-order valence-electron chi connectivity index (χ0n) is 14.9. The van der Waals surface area contributed by atoms with Crippen LogP contribution in [0, 0.1) is 5.82 Å². The van der Waals surface area contributed by atoms with Crippen molar-refractivity contribution in [1.29, 1.82) is 0 Å². The molecule has 0 amide bonds. The SMILES string of the molecule is CCCc1[nH]n(-c2ccc(F)cc2)c(=O)c1C(C)=Nc1ccc(Cl)cc1Cl. The number of aryl methyl sites for hydroxylation is 1. The normalized spacial score (nSPS) is 11.8. The Hall–Kier alpha value is -2.37. The van der Waals surface area contributed by atoms with Gasteiger partial charge in [-0.05, 0) is 55.8 Å². The van der Waals surface area contributed by atoms with Gasteiger partial charge in [0, 0.05) is 10.7 Å². The molecule has 1 heterocycles. The van der Waals surface area contributed by atoms with Crippen LogP contribution in [0.1, 0.15) is 31.5 Å². The minimum atomic E-state index is -0.359. The summed E-state index contributed by atoms with van der Waals surface area (Å²) in [5, 5.41) is 4.05. The number of hydrogen-bond acceptors (Lipinski definition) is 2. The van der Waals surface area contributed by atoms with Crippen molar-refractivity contribution in [2.75, 3.05) is 0 Å². The van der Waals surface area contributed by atoms with Gasteiger partial charge in [-0.2, -0.15) is 0 Å². The highest BCUT2D eigenvalue weighted by atomic mass is 35.5. The summed E-state index contributed by atoms with van der Waals surface area (Å²) in [7, 11) is 0. The average Bonchev–Trinajstić information content (AvgIpc) is 2.95. The van der Waals surface area contributed by atoms with E-state index in [0.717, 1.165) is 12.1 Å². The average molecular weight is 406 g/mol. The van der Waals surface area contributed by atoms with Crippen molar-refractivity contribution in [3.8, 4) is 5.69 Å². The van der Waals surface area contributed by atoms with Crippen LogP contribution in [0.25, 0.3) is 5.69 Å². The molecule has 0 aliphatic heterocycles. The standard InChI is InChI=1S/C20H18Cl2FN3O/c1-3-4-18-19(12(2)24-17-10-5-13(21)11-16(17)22)20(27)26(25-18)15-8-6-14(23)7-9-15/h5-11,25H,3-4H2,1-2H3. The maximum atomic E-state index is 13.2. The Morgan fingerprint density at radius 1 is 1.19 bits per heavy atom. The number of aliphatic imine (C=N–C) groups is 1. The molecular weight excluding hydrogens is 388 g/mol. The first-order valence-electron chi connectivity index (χ1n) is 8.51. The van der Waals surface area contributed by atoms with Crippen LogP contribution in [0.5, 0.6) is 0 Å². The number of rotatable bonds is 5. The summed E-state index contributed by atoms with van der Waals surface area (Å²) in [4.78, 5) is 17.6. The van der Waals surface area contributed by atoms with E-state index in [1.807, 2.05) is 6.92 Å². The topological polar surface area (TPSA) is 50.1 Å². The van der Waals surface area contributed by atoms with E-state index in [9.17, 15) is 9.18 Å². The highest BCUT2D eigenvalue weighted by molar-refractivity contribution is 6.36. The fourth-order valence-corrected chi connectivity index (χ4v) is 3.32. The number of halogens is 3. The number of aromatic nitrogens is 2. The van der Waals surface area contributed by atoms with Crippen LogP contribution in [-0.2, 0) is 6.42 Å². The smallest absolute Gasteiger partial charge is 0.280 e. The number of hydrogen-bond donors (Lipinski definition) is 1. The quantitative estimate of drug-likeness (QED) is 0.543. The van der Waals surface area contributed by atoms with Crippen molar-refractivity contribution in [3.05, 3.63) is 79.9 Å². The number of nitrogens with zero attached hydrogens (tertiary/aromatic N) is 2. The van der Waals surface area contributed by atoms with Gasteiger partial charge >= 0.3 is 0 Å². The molecule has 0 fully saturated rings. The Balaban J connectivity index is 2.12. The third-order valence-corrected chi connectivity index (χ3v) is 4.65. The molecule has 140 valence electrons. The van der Waals surface area contributed by atoms with E-state index in [1.54, 1.807) is 37.3 Å². The molecule has 27 heavy (non-hydrogen) atoms. The van der Waals surface area contributed by atoms with Crippen molar-refractivity contribution in [2.24, 2.45) is 4.99 Å². The summed E-state index contributed by atoms with van der Waals surface area (Å²) in [6.07, 6.45) is 1.53. The first-order valence-corrected chi connectivity index (χ1v) is 9.27. The molecule has 7 heteroatoms. The Kier molecular flexibility index (Phi) is 5.82. The Morgan fingerprint density at radius 3 is 2.52 bits per heavy atom. The lowest BCUT2D eigenvalue weighted by Crippen LogP contribution is -2.19. The number of nitrogens with one attached hydrogen (secondary N) is 1. The second-order valence-corrected chi connectivity index (χ2v) is 6.97. The van der Waals surface area contributed by atoms with Crippen LogP contribution in [0.2, 0.25) is 10.0 Å². The molecule has 3 rings (SSSR count). The summed E-state index contributed by atoms with van der Waals surface area (Å²) >= 11 is 12.1. The third-order valence-electron chi connectivity index (χ3n) is 4.11. The lowest BCUT2D eigenvalue weighted by Gasteiger charge is -2.03. The first-order chi connectivity index (χ1) is 12.9. The zero-order valence-corrected chi connectivity index (χ0v) is 16.4. The van der Waals surface area contributed by atoms with Crippen molar-refractivity contribution in [3.63, 3.8) is 0 Å². The summed E-state index contributed by atoms with van der Waals surface area (Å²) in [5.41, 5.74) is 2.67. The van der Waals surface area contributed by atoms with E-state index in [0.29, 0.717) is 39.1 Å². The fourth-order valence-electron chi connectivity index (χ4n) is 2.87. The van der Waals surface area contributed by atoms with Gasteiger partial charge in [0.15, 0.2) is 0 Å². The molecule has 0 aliphatic rings. The van der Waals surface area contributed by atoms with Crippen molar-refractivity contribution >= 4 is 34.6 Å². The molecule has 0 saturated carbocycles. The molecule has 0 saturated heterocycles. The lowest BCUT2D eigenvalue weighted by atomic mass is 10.1. The predicted molar refractivity (Wildman–Crippen MR) is 109 cm³/mol. The van der Waals surface area contributed by atoms with Gasteiger partial charge in [-0.25, -0.2) is 9.07 Å². The molecular formula is C20H18Cl2FN3O. The van der Waals surface area contributed by atoms with Gasteiger partial charge in [0.05, 0.1) is 27.7 Å². The second kappa shape index (κ2) is 8.11. The molecule has 1 N–H and O–H groups in total. The summed E-state index contributed by atoms with van der Waals surface area (Å²) < 4.78 is 14.6. The van der Waals surface area contributed by atoms with Crippen LogP contribution in [0.3, 0.4) is 0 Å². The van der Waals surface area contributed by atoms with Crippen molar-refractivity contribution in [2.45, 2.75) is 26.7 Å². The Bertz CT molecular complexity index is 1050. The van der Waals surface area contributed by atoms with Crippen LogP contribution < -0.4 is 5.56 Å². The molecule has 2 aromatic carbocycles. The number of aromatic amines is 1. The monoisotopic (exact) mass is 405 g/mol. The Morgan fingerprint density at radius 2 is 1.89 bits per heavy atom. The van der Waals surface area contributed by atoms with Gasteiger partial charge in [-0.3, -0.25) is 14.9 Å². The van der Waals surface area contributed by atoms with E-state index in [2.05, 4.69) is 10.1 Å². The minimum Gasteiger partial charge on any atom is -0.294 e. The first kappa shape index (κ1) is 19.4. The van der Waals surface area contributed by atoms with Gasteiger partial charge < -0.3 is 0 Å².